The molecule has 0 aromatic carbocycles. The monoisotopic (exact) mass is 319 g/mol. The Labute approximate surface area is 122 Å². The third-order valence-corrected chi connectivity index (χ3v) is 6.14. The number of thiophene rings is 1. The van der Waals surface area contributed by atoms with Crippen molar-refractivity contribution in [1.82, 2.24) is 4.31 Å². The van der Waals surface area contributed by atoms with Gasteiger partial charge in [0.1, 0.15) is 9.77 Å². The first kappa shape index (κ1) is 15.4. The van der Waals surface area contributed by atoms with Crippen molar-refractivity contribution < 1.29 is 23.1 Å². The lowest BCUT2D eigenvalue weighted by Crippen LogP contribution is -2.37. The van der Waals surface area contributed by atoms with Gasteiger partial charge in [-0.2, -0.15) is 4.31 Å². The zero-order chi connectivity index (χ0) is 14.8. The molecule has 0 radical (unpaired) electrons. The van der Waals surface area contributed by atoms with Gasteiger partial charge in [-0.3, -0.25) is 0 Å². The van der Waals surface area contributed by atoms with Crippen molar-refractivity contribution in [2.75, 3.05) is 20.2 Å². The molecule has 1 atom stereocenters. The smallest absolute Gasteiger partial charge is 0.347 e. The minimum atomic E-state index is -3.79. The molecular formula is C12H17NO5S2. The Bertz CT molecular complexity index is 574. The molecule has 1 saturated heterocycles. The van der Waals surface area contributed by atoms with Gasteiger partial charge in [-0.15, -0.1) is 11.3 Å². The molecule has 0 spiro atoms. The summed E-state index contributed by atoms with van der Waals surface area (Å²) < 4.78 is 31.5. The maximum atomic E-state index is 12.4. The number of hydrogen-bond donors (Lipinski definition) is 1. The van der Waals surface area contributed by atoms with Gasteiger partial charge in [-0.05, 0) is 30.7 Å². The highest BCUT2D eigenvalue weighted by Crippen LogP contribution is 2.25. The largest absolute Gasteiger partial charge is 0.477 e. The molecule has 1 unspecified atom stereocenters. The Morgan fingerprint density at radius 3 is 2.90 bits per heavy atom. The maximum Gasteiger partial charge on any atom is 0.347 e. The van der Waals surface area contributed by atoms with Crippen LogP contribution >= 0.6 is 11.3 Å². The van der Waals surface area contributed by atoms with Crippen molar-refractivity contribution >= 4 is 27.3 Å². The van der Waals surface area contributed by atoms with Gasteiger partial charge in [-0.1, -0.05) is 0 Å². The van der Waals surface area contributed by atoms with E-state index in [1.165, 1.54) is 22.8 Å². The van der Waals surface area contributed by atoms with Crippen LogP contribution < -0.4 is 0 Å². The average Bonchev–Trinajstić information content (AvgIpc) is 2.89. The fourth-order valence-corrected chi connectivity index (χ4v) is 4.59. The molecule has 2 rings (SSSR count). The highest BCUT2D eigenvalue weighted by molar-refractivity contribution is 7.89. The van der Waals surface area contributed by atoms with Crippen LogP contribution in [-0.4, -0.2) is 50.1 Å². The lowest BCUT2D eigenvalue weighted by atomic mass is 10.1. The van der Waals surface area contributed by atoms with E-state index in [0.717, 1.165) is 30.6 Å². The van der Waals surface area contributed by atoms with Crippen molar-refractivity contribution in [3.8, 4) is 0 Å². The molecule has 0 saturated carbocycles. The summed E-state index contributed by atoms with van der Waals surface area (Å²) in [5.41, 5.74) is 0. The second kappa shape index (κ2) is 6.21. The predicted octanol–water partition coefficient (Wildman–Crippen LogP) is 1.64. The van der Waals surface area contributed by atoms with E-state index in [1.807, 2.05) is 0 Å². The molecule has 20 heavy (non-hydrogen) atoms. The standard InChI is InChI=1S/C12H17NO5S2/c1-13(8-9-4-2-3-6-18-9)20(16,17)10-5-7-19-11(10)12(14)15/h5,7,9H,2-4,6,8H2,1H3,(H,14,15). The number of carboxylic acid groups (broad SMARTS) is 1. The summed E-state index contributed by atoms with van der Waals surface area (Å²) in [5, 5.41) is 10.5. The van der Waals surface area contributed by atoms with Crippen molar-refractivity contribution in [3.63, 3.8) is 0 Å². The van der Waals surface area contributed by atoms with Gasteiger partial charge in [0.25, 0.3) is 0 Å². The SMILES string of the molecule is CN(CC1CCCCO1)S(=O)(=O)c1ccsc1C(=O)O. The quantitative estimate of drug-likeness (QED) is 0.892. The van der Waals surface area contributed by atoms with E-state index < -0.39 is 16.0 Å². The van der Waals surface area contributed by atoms with Gasteiger partial charge in [0.15, 0.2) is 0 Å². The fraction of sp³-hybridized carbons (Fsp3) is 0.583. The minimum absolute atomic E-state index is 0.115. The molecule has 8 heteroatoms. The first-order chi connectivity index (χ1) is 9.43. The summed E-state index contributed by atoms with van der Waals surface area (Å²) >= 11 is 0.911. The van der Waals surface area contributed by atoms with E-state index in [-0.39, 0.29) is 22.4 Å². The van der Waals surface area contributed by atoms with E-state index in [2.05, 4.69) is 0 Å². The predicted molar refractivity (Wildman–Crippen MR) is 74.7 cm³/mol. The second-order valence-electron chi connectivity index (χ2n) is 4.69. The zero-order valence-electron chi connectivity index (χ0n) is 11.1. The van der Waals surface area contributed by atoms with E-state index in [1.54, 1.807) is 0 Å². The highest BCUT2D eigenvalue weighted by atomic mass is 32.2. The molecule has 1 aromatic rings. The molecule has 2 heterocycles. The lowest BCUT2D eigenvalue weighted by molar-refractivity contribution is 0.00858. The van der Waals surface area contributed by atoms with Gasteiger partial charge in [0.05, 0.1) is 6.10 Å². The summed E-state index contributed by atoms with van der Waals surface area (Å²) in [6, 6.07) is 1.34. The second-order valence-corrected chi connectivity index (χ2v) is 7.62. The first-order valence-corrected chi connectivity index (χ1v) is 8.63. The maximum absolute atomic E-state index is 12.4. The van der Waals surface area contributed by atoms with Crippen molar-refractivity contribution in [2.24, 2.45) is 0 Å². The Balaban J connectivity index is 2.16. The van der Waals surface area contributed by atoms with Gasteiger partial charge in [-0.25, -0.2) is 13.2 Å². The van der Waals surface area contributed by atoms with E-state index >= 15 is 0 Å². The first-order valence-electron chi connectivity index (χ1n) is 6.31. The summed E-state index contributed by atoms with van der Waals surface area (Å²) in [6.45, 7) is 0.897. The van der Waals surface area contributed by atoms with Crippen LogP contribution in [0.5, 0.6) is 0 Å². The molecule has 0 aliphatic carbocycles. The van der Waals surface area contributed by atoms with Crippen molar-refractivity contribution in [2.45, 2.75) is 30.3 Å². The molecular weight excluding hydrogens is 302 g/mol. The molecule has 1 aromatic heterocycles. The van der Waals surface area contributed by atoms with E-state index in [9.17, 15) is 13.2 Å². The van der Waals surface area contributed by atoms with Gasteiger partial charge in [0, 0.05) is 20.2 Å². The molecule has 1 aliphatic heterocycles. The number of carboxylic acids is 1. The average molecular weight is 319 g/mol. The molecule has 0 bridgehead atoms. The number of sulfonamides is 1. The molecule has 0 amide bonds. The molecule has 112 valence electrons. The Kier molecular flexibility index (Phi) is 4.79. The number of hydrogen-bond acceptors (Lipinski definition) is 5. The molecule has 1 N–H and O–H groups in total. The van der Waals surface area contributed by atoms with E-state index in [4.69, 9.17) is 9.84 Å². The van der Waals surface area contributed by atoms with Crippen LogP contribution in [-0.2, 0) is 14.8 Å². The van der Waals surface area contributed by atoms with Crippen molar-refractivity contribution in [3.05, 3.63) is 16.3 Å². The van der Waals surface area contributed by atoms with Crippen molar-refractivity contribution in [1.29, 1.82) is 0 Å². The summed E-state index contributed by atoms with van der Waals surface area (Å²) in [4.78, 5) is 10.7. The van der Waals surface area contributed by atoms with Crippen LogP contribution in [0.4, 0.5) is 0 Å². The van der Waals surface area contributed by atoms with Crippen LogP contribution in [0.1, 0.15) is 28.9 Å². The summed E-state index contributed by atoms with van der Waals surface area (Å²) in [6.07, 6.45) is 2.74. The lowest BCUT2D eigenvalue weighted by Gasteiger charge is -2.26. The zero-order valence-corrected chi connectivity index (χ0v) is 12.7. The van der Waals surface area contributed by atoms with Gasteiger partial charge < -0.3 is 9.84 Å². The van der Waals surface area contributed by atoms with Crippen LogP contribution in [0.2, 0.25) is 0 Å². The summed E-state index contributed by atoms with van der Waals surface area (Å²) in [5.74, 6) is -1.22. The highest BCUT2D eigenvalue weighted by Gasteiger charge is 2.29. The Morgan fingerprint density at radius 2 is 2.30 bits per heavy atom. The Morgan fingerprint density at radius 1 is 1.55 bits per heavy atom. The van der Waals surface area contributed by atoms with E-state index in [0.29, 0.717) is 6.61 Å². The number of ether oxygens (including phenoxy) is 1. The number of rotatable bonds is 5. The van der Waals surface area contributed by atoms with Gasteiger partial charge in [0.2, 0.25) is 10.0 Å². The molecule has 6 nitrogen and oxygen atoms in total. The number of aromatic carboxylic acids is 1. The number of likely N-dealkylation sites (N-methyl/N-ethyl adjacent to an activating group) is 1. The summed E-state index contributed by atoms with van der Waals surface area (Å²) in [7, 11) is -2.33. The third-order valence-electron chi connectivity index (χ3n) is 3.25. The van der Waals surface area contributed by atoms with Crippen LogP contribution in [0, 0.1) is 0 Å². The Hall–Kier alpha value is -0.960. The number of carbonyl (C=O) groups is 1. The van der Waals surface area contributed by atoms with Crippen LogP contribution in [0.25, 0.3) is 0 Å². The van der Waals surface area contributed by atoms with Crippen LogP contribution in [0.3, 0.4) is 0 Å². The van der Waals surface area contributed by atoms with Gasteiger partial charge >= 0.3 is 5.97 Å². The normalized spacial score (nSPS) is 20.2. The fourth-order valence-electron chi connectivity index (χ4n) is 2.16. The van der Waals surface area contributed by atoms with Crippen LogP contribution in [0.15, 0.2) is 16.3 Å². The topological polar surface area (TPSA) is 83.9 Å². The molecule has 1 fully saturated rings. The minimum Gasteiger partial charge on any atom is -0.477 e. The number of nitrogens with zero attached hydrogens (tertiary/aromatic N) is 1. The third kappa shape index (κ3) is 3.20. The molecule has 1 aliphatic rings.